The predicted octanol–water partition coefficient (Wildman–Crippen LogP) is 5.22. The Bertz CT molecular complexity index is 1450. The molecule has 2 aromatic heterocycles. The average molecular weight is 458 g/mol. The summed E-state index contributed by atoms with van der Waals surface area (Å²) in [5, 5.41) is 12.0. The number of aryl methyl sites for hydroxylation is 1. The highest BCUT2D eigenvalue weighted by molar-refractivity contribution is 6.08. The minimum atomic E-state index is -1.18. The smallest absolute Gasteiger partial charge is 0.337 e. The molecule has 1 aliphatic rings. The van der Waals surface area contributed by atoms with E-state index in [9.17, 15) is 9.90 Å². The number of hydrogen-bond donors (Lipinski definition) is 2. The molecule has 3 N–H and O–H groups in total. The van der Waals surface area contributed by atoms with Crippen molar-refractivity contribution in [3.05, 3.63) is 59.3 Å². The third-order valence-corrected chi connectivity index (χ3v) is 6.06. The number of aromatic nitrogens is 2. The van der Waals surface area contributed by atoms with Gasteiger partial charge in [-0.15, -0.1) is 0 Å². The van der Waals surface area contributed by atoms with Crippen molar-refractivity contribution in [1.82, 2.24) is 9.97 Å². The molecule has 0 radical (unpaired) electrons. The number of benzene rings is 2. The van der Waals surface area contributed by atoms with Crippen LogP contribution in [0.1, 0.15) is 43.6 Å². The lowest BCUT2D eigenvalue weighted by Crippen LogP contribution is -2.28. The molecule has 0 bridgehead atoms. The monoisotopic (exact) mass is 457 g/mol. The Kier molecular flexibility index (Phi) is 5.17. The first-order valence-corrected chi connectivity index (χ1v) is 11.3. The van der Waals surface area contributed by atoms with Gasteiger partial charge in [-0.05, 0) is 80.8 Å². The van der Waals surface area contributed by atoms with Crippen molar-refractivity contribution in [3.8, 4) is 16.9 Å². The number of nitrogens with two attached hydrogens (primary N) is 1. The van der Waals surface area contributed by atoms with Crippen molar-refractivity contribution < 1.29 is 19.4 Å². The Labute approximate surface area is 197 Å². The van der Waals surface area contributed by atoms with Crippen molar-refractivity contribution in [2.45, 2.75) is 45.8 Å². The number of anilines is 1. The predicted molar refractivity (Wildman–Crippen MR) is 132 cm³/mol. The molecule has 0 amide bonds. The van der Waals surface area contributed by atoms with E-state index in [1.165, 1.54) is 0 Å². The molecule has 0 saturated carbocycles. The number of pyridine rings is 2. The van der Waals surface area contributed by atoms with E-state index in [4.69, 9.17) is 20.2 Å². The molecular weight excluding hydrogens is 430 g/mol. The lowest BCUT2D eigenvalue weighted by molar-refractivity contribution is -0.160. The van der Waals surface area contributed by atoms with Crippen LogP contribution in [0.15, 0.2) is 42.6 Å². The fraction of sp³-hybridized carbons (Fsp3) is 0.296. The molecule has 7 heteroatoms. The molecule has 5 rings (SSSR count). The number of ether oxygens (including phenoxy) is 2. The zero-order valence-corrected chi connectivity index (χ0v) is 19.7. The van der Waals surface area contributed by atoms with Gasteiger partial charge in [0.2, 0.25) is 0 Å². The van der Waals surface area contributed by atoms with Crippen molar-refractivity contribution in [2.24, 2.45) is 0 Å². The number of hydrogen-bond acceptors (Lipinski definition) is 6. The molecule has 0 aliphatic carbocycles. The molecule has 3 heterocycles. The number of carboxylic acids is 1. The number of rotatable bonds is 4. The summed E-state index contributed by atoms with van der Waals surface area (Å²) in [5.74, 6) is 0.130. The molecule has 1 atom stereocenters. The second-order valence-electron chi connectivity index (χ2n) is 9.64. The molecule has 7 nitrogen and oxygen atoms in total. The van der Waals surface area contributed by atoms with Crippen molar-refractivity contribution >= 4 is 33.6 Å². The first-order chi connectivity index (χ1) is 16.1. The summed E-state index contributed by atoms with van der Waals surface area (Å²) in [6, 6.07) is 11.4. The minimum Gasteiger partial charge on any atom is -0.493 e. The lowest BCUT2D eigenvalue weighted by atomic mass is 9.86. The van der Waals surface area contributed by atoms with E-state index >= 15 is 0 Å². The fourth-order valence-electron chi connectivity index (χ4n) is 4.76. The first-order valence-electron chi connectivity index (χ1n) is 11.3. The van der Waals surface area contributed by atoms with Crippen LogP contribution >= 0.6 is 0 Å². The maximum atomic E-state index is 12.5. The van der Waals surface area contributed by atoms with Crippen molar-refractivity contribution in [1.29, 1.82) is 0 Å². The molecule has 174 valence electrons. The minimum absolute atomic E-state index is 0.398. The zero-order chi connectivity index (χ0) is 24.2. The van der Waals surface area contributed by atoms with Crippen LogP contribution in [0, 0.1) is 6.92 Å². The van der Waals surface area contributed by atoms with Gasteiger partial charge in [0.05, 0.1) is 23.2 Å². The van der Waals surface area contributed by atoms with Crippen molar-refractivity contribution in [2.75, 3.05) is 12.3 Å². The van der Waals surface area contributed by atoms with Crippen LogP contribution in [0.2, 0.25) is 0 Å². The third kappa shape index (κ3) is 3.72. The van der Waals surface area contributed by atoms with E-state index in [2.05, 4.69) is 4.98 Å². The summed E-state index contributed by atoms with van der Waals surface area (Å²) >= 11 is 0. The highest BCUT2D eigenvalue weighted by Gasteiger charge is 2.32. The number of carboxylic acid groups (broad SMARTS) is 1. The number of fused-ring (bicyclic) bond motifs is 1. The van der Waals surface area contributed by atoms with E-state index in [-0.39, 0.29) is 0 Å². The molecule has 0 unspecified atom stereocenters. The highest BCUT2D eigenvalue weighted by Crippen LogP contribution is 2.44. The van der Waals surface area contributed by atoms with E-state index in [0.717, 1.165) is 50.7 Å². The van der Waals surface area contributed by atoms with Crippen LogP contribution in [-0.4, -0.2) is 33.3 Å². The van der Waals surface area contributed by atoms with Gasteiger partial charge in [0.25, 0.3) is 0 Å². The Hall–Kier alpha value is -3.71. The highest BCUT2D eigenvalue weighted by atomic mass is 16.5. The number of nitrogen functional groups attached to an aromatic ring is 1. The van der Waals surface area contributed by atoms with Crippen LogP contribution < -0.4 is 10.5 Å². The summed E-state index contributed by atoms with van der Waals surface area (Å²) in [4.78, 5) is 21.8. The average Bonchev–Trinajstić information content (AvgIpc) is 2.77. The number of aliphatic carboxylic acids is 1. The van der Waals surface area contributed by atoms with E-state index in [1.807, 2.05) is 58.0 Å². The van der Waals surface area contributed by atoms with Gasteiger partial charge >= 0.3 is 5.97 Å². The van der Waals surface area contributed by atoms with Gasteiger partial charge in [0.1, 0.15) is 11.6 Å². The van der Waals surface area contributed by atoms with Gasteiger partial charge < -0.3 is 20.3 Å². The van der Waals surface area contributed by atoms with Crippen LogP contribution in [0.5, 0.6) is 5.75 Å². The van der Waals surface area contributed by atoms with Gasteiger partial charge in [-0.1, -0.05) is 0 Å². The van der Waals surface area contributed by atoms with Crippen LogP contribution in [-0.2, 0) is 16.0 Å². The quantitative estimate of drug-likeness (QED) is 0.433. The van der Waals surface area contributed by atoms with Gasteiger partial charge in [-0.25, -0.2) is 9.78 Å². The molecule has 0 fully saturated rings. The standard InChI is InChI=1S/C27H27N3O4/c1-14-13-18-16(6-8-20(28)30-18)23(21(14)25(26(31)32)34-27(2,3)4)17-5-7-19-22-15(10-12-33-19)9-11-29-24(17)22/h5-9,11,13,25H,10,12H2,1-4H3,(H2,28,30)(H,31,32)/t25-/m0/s1. The fourth-order valence-corrected chi connectivity index (χ4v) is 4.76. The third-order valence-electron chi connectivity index (χ3n) is 6.06. The van der Waals surface area contributed by atoms with Gasteiger partial charge in [-0.2, -0.15) is 0 Å². The van der Waals surface area contributed by atoms with E-state index < -0.39 is 17.7 Å². The normalized spacial score (nSPS) is 14.2. The van der Waals surface area contributed by atoms with Crippen LogP contribution in [0.3, 0.4) is 0 Å². The lowest BCUT2D eigenvalue weighted by Gasteiger charge is -2.29. The molecule has 4 aromatic rings. The summed E-state index contributed by atoms with van der Waals surface area (Å²) in [5.41, 5.74) is 10.8. The van der Waals surface area contributed by atoms with Crippen molar-refractivity contribution in [3.63, 3.8) is 0 Å². The number of nitrogens with zero attached hydrogens (tertiary/aromatic N) is 2. The zero-order valence-electron chi connectivity index (χ0n) is 19.7. The van der Waals surface area contributed by atoms with Crippen LogP contribution in [0.25, 0.3) is 32.9 Å². The Morgan fingerprint density at radius 1 is 1.21 bits per heavy atom. The molecular formula is C27H27N3O4. The maximum Gasteiger partial charge on any atom is 0.337 e. The Morgan fingerprint density at radius 3 is 2.74 bits per heavy atom. The second kappa shape index (κ2) is 7.95. The van der Waals surface area contributed by atoms with E-state index in [1.54, 1.807) is 12.3 Å². The Morgan fingerprint density at radius 2 is 2.00 bits per heavy atom. The summed E-state index contributed by atoms with van der Waals surface area (Å²) in [6.07, 6.45) is 1.41. The molecule has 1 aliphatic heterocycles. The van der Waals surface area contributed by atoms with E-state index in [0.29, 0.717) is 23.5 Å². The maximum absolute atomic E-state index is 12.5. The molecule has 34 heavy (non-hydrogen) atoms. The summed E-state index contributed by atoms with van der Waals surface area (Å²) in [7, 11) is 0. The van der Waals surface area contributed by atoms with Gasteiger partial charge in [0.15, 0.2) is 6.10 Å². The summed E-state index contributed by atoms with van der Waals surface area (Å²) < 4.78 is 12.0. The summed E-state index contributed by atoms with van der Waals surface area (Å²) in [6.45, 7) is 8.05. The molecule has 2 aromatic carbocycles. The largest absolute Gasteiger partial charge is 0.493 e. The SMILES string of the molecule is Cc1cc2nc(N)ccc2c(-c2ccc3c4c(ccnc24)CCO3)c1[C@H](OC(C)(C)C)C(=O)O. The topological polar surface area (TPSA) is 108 Å². The number of carbonyl (C=O) groups is 1. The molecule has 0 saturated heterocycles. The Balaban J connectivity index is 1.91. The van der Waals surface area contributed by atoms with Gasteiger partial charge in [-0.3, -0.25) is 4.98 Å². The van der Waals surface area contributed by atoms with Crippen LogP contribution in [0.4, 0.5) is 5.82 Å². The first kappa shape index (κ1) is 22.1. The second-order valence-corrected chi connectivity index (χ2v) is 9.64. The van der Waals surface area contributed by atoms with Gasteiger partial charge in [0, 0.05) is 34.5 Å². The molecule has 0 spiro atoms.